The van der Waals surface area contributed by atoms with E-state index in [-0.39, 0.29) is 5.91 Å². The number of rotatable bonds is 0. The van der Waals surface area contributed by atoms with Crippen molar-refractivity contribution in [3.8, 4) is 0 Å². The molecule has 1 amide bonds. The summed E-state index contributed by atoms with van der Waals surface area (Å²) >= 11 is 5.87. The predicted molar refractivity (Wildman–Crippen MR) is 46.4 cm³/mol. The third-order valence-electron chi connectivity index (χ3n) is 1.92. The predicted octanol–water partition coefficient (Wildman–Crippen LogP) is 0.589. The maximum Gasteiger partial charge on any atom is 0.270 e. The van der Waals surface area contributed by atoms with Gasteiger partial charge in [-0.05, 0) is 24.6 Å². The van der Waals surface area contributed by atoms with Gasteiger partial charge in [-0.2, -0.15) is 0 Å². The summed E-state index contributed by atoms with van der Waals surface area (Å²) < 4.78 is 0. The van der Waals surface area contributed by atoms with Gasteiger partial charge >= 0.3 is 0 Å². The average molecular weight is 180 g/mol. The molecule has 0 fully saturated rings. The topological polar surface area (TPSA) is 29.4 Å². The number of hydrogen-bond donors (Lipinski definition) is 0. The average Bonchev–Trinajstić information content (AvgIpc) is 2.39. The molecule has 0 spiro atoms. The molecule has 0 aromatic heterocycles. The first-order chi connectivity index (χ1) is 5.68. The Morgan fingerprint density at radius 1 is 1.42 bits per heavy atom. The van der Waals surface area contributed by atoms with Crippen molar-refractivity contribution in [1.29, 1.82) is 0 Å². The molecule has 0 atom stereocenters. The molecule has 0 saturated heterocycles. The van der Waals surface area contributed by atoms with Crippen LogP contribution in [0.1, 0.15) is 5.56 Å². The molecule has 3 heteroatoms. The number of hydrogen-bond acceptors (Lipinski definition) is 1. The fourth-order valence-electron chi connectivity index (χ4n) is 1.24. The lowest BCUT2D eigenvalue weighted by Gasteiger charge is -1.94. The molecule has 0 bridgehead atoms. The molecule has 1 heterocycles. The molecule has 0 aliphatic carbocycles. The fraction of sp³-hybridized carbons (Fsp3) is 0.111. The summed E-state index contributed by atoms with van der Waals surface area (Å²) in [5.41, 5.74) is 0.920. The fourth-order valence-corrected chi connectivity index (χ4v) is 1.41. The highest BCUT2D eigenvalue weighted by atomic mass is 35.5. The Balaban J connectivity index is 2.96. The lowest BCUT2D eigenvalue weighted by atomic mass is 10.2. The Labute approximate surface area is 74.2 Å². The van der Waals surface area contributed by atoms with Crippen LogP contribution in [0.4, 0.5) is 0 Å². The van der Waals surface area contributed by atoms with E-state index in [4.69, 9.17) is 11.6 Å². The van der Waals surface area contributed by atoms with E-state index in [0.29, 0.717) is 5.02 Å². The second kappa shape index (κ2) is 2.42. The summed E-state index contributed by atoms with van der Waals surface area (Å²) in [6.07, 6.45) is 1.51. The second-order valence-electron chi connectivity index (χ2n) is 2.70. The van der Waals surface area contributed by atoms with Gasteiger partial charge in [0, 0.05) is 16.3 Å². The van der Waals surface area contributed by atoms with Crippen LogP contribution in [0.2, 0.25) is 5.02 Å². The standard InChI is InChI=1S/C9H6ClNO/c1-5-6-4-9(12)11-8(6)3-2-7(5)10/h2-4H,1H3. The number of fused-ring (bicyclic) bond motifs is 1. The summed E-state index contributed by atoms with van der Waals surface area (Å²) in [5.74, 6) is -0.199. The number of benzene rings is 1. The summed E-state index contributed by atoms with van der Waals surface area (Å²) in [5, 5.41) is 2.25. The van der Waals surface area contributed by atoms with Crippen molar-refractivity contribution in [2.45, 2.75) is 6.92 Å². The van der Waals surface area contributed by atoms with Crippen LogP contribution in [0.3, 0.4) is 0 Å². The van der Waals surface area contributed by atoms with Crippen LogP contribution in [0.25, 0.3) is 6.08 Å². The highest BCUT2D eigenvalue weighted by Crippen LogP contribution is 2.08. The maximum absolute atomic E-state index is 10.9. The second-order valence-corrected chi connectivity index (χ2v) is 3.11. The quantitative estimate of drug-likeness (QED) is 0.573. The van der Waals surface area contributed by atoms with E-state index in [9.17, 15) is 4.79 Å². The number of carbonyl (C=O) groups excluding carboxylic acids is 1. The summed E-state index contributed by atoms with van der Waals surface area (Å²) in [7, 11) is 0. The zero-order chi connectivity index (χ0) is 8.72. The molecule has 12 heavy (non-hydrogen) atoms. The van der Waals surface area contributed by atoms with Gasteiger partial charge in [-0.15, -0.1) is 0 Å². The first-order valence-corrected chi connectivity index (χ1v) is 3.96. The highest BCUT2D eigenvalue weighted by Gasteiger charge is 2.06. The number of amides is 1. The minimum atomic E-state index is -0.199. The Kier molecular flexibility index (Phi) is 1.51. The van der Waals surface area contributed by atoms with E-state index in [1.165, 1.54) is 6.08 Å². The largest absolute Gasteiger partial charge is 0.270 e. The SMILES string of the molecule is Cc1c(Cl)ccc2c1=CC(=O)N=2. The first-order valence-electron chi connectivity index (χ1n) is 3.58. The van der Waals surface area contributed by atoms with Crippen LogP contribution in [-0.4, -0.2) is 5.91 Å². The highest BCUT2D eigenvalue weighted by molar-refractivity contribution is 6.31. The van der Waals surface area contributed by atoms with Gasteiger partial charge in [-0.3, -0.25) is 4.79 Å². The van der Waals surface area contributed by atoms with Gasteiger partial charge in [0.1, 0.15) is 0 Å². The van der Waals surface area contributed by atoms with Gasteiger partial charge in [-0.25, -0.2) is 4.99 Å². The van der Waals surface area contributed by atoms with E-state index >= 15 is 0 Å². The lowest BCUT2D eigenvalue weighted by molar-refractivity contribution is -0.112. The van der Waals surface area contributed by atoms with Gasteiger partial charge in [0.15, 0.2) is 0 Å². The monoisotopic (exact) mass is 179 g/mol. The van der Waals surface area contributed by atoms with Crippen LogP contribution >= 0.6 is 11.6 Å². The number of nitrogens with zero attached hydrogens (tertiary/aromatic N) is 1. The van der Waals surface area contributed by atoms with Gasteiger partial charge in [0.05, 0.1) is 5.36 Å². The molecule has 60 valence electrons. The molecule has 2 nitrogen and oxygen atoms in total. The molecule has 0 saturated carbocycles. The Hall–Kier alpha value is -1.15. The minimum absolute atomic E-state index is 0.199. The summed E-state index contributed by atoms with van der Waals surface area (Å²) in [6, 6.07) is 3.51. The first kappa shape index (κ1) is 7.50. The molecule has 1 aliphatic heterocycles. The van der Waals surface area contributed by atoms with E-state index in [1.54, 1.807) is 12.1 Å². The van der Waals surface area contributed by atoms with Gasteiger partial charge in [0.2, 0.25) is 0 Å². The van der Waals surface area contributed by atoms with Crippen LogP contribution in [0.5, 0.6) is 0 Å². The van der Waals surface area contributed by atoms with Crippen molar-refractivity contribution in [3.05, 3.63) is 33.3 Å². The third kappa shape index (κ3) is 0.959. The third-order valence-corrected chi connectivity index (χ3v) is 2.33. The minimum Gasteiger partial charge on any atom is -0.267 e. The van der Waals surface area contributed by atoms with Crippen LogP contribution in [0.15, 0.2) is 17.1 Å². The van der Waals surface area contributed by atoms with Crippen LogP contribution in [0, 0.1) is 6.92 Å². The van der Waals surface area contributed by atoms with Crippen molar-refractivity contribution in [1.82, 2.24) is 0 Å². The molecule has 0 unspecified atom stereocenters. The molecular formula is C9H6ClNO. The van der Waals surface area contributed by atoms with E-state index < -0.39 is 0 Å². The van der Waals surface area contributed by atoms with E-state index in [2.05, 4.69) is 4.99 Å². The van der Waals surface area contributed by atoms with E-state index in [0.717, 1.165) is 16.1 Å². The van der Waals surface area contributed by atoms with Crippen molar-refractivity contribution in [2.75, 3.05) is 0 Å². The van der Waals surface area contributed by atoms with Gasteiger partial charge in [-0.1, -0.05) is 11.6 Å². The van der Waals surface area contributed by atoms with Gasteiger partial charge < -0.3 is 0 Å². The Morgan fingerprint density at radius 2 is 2.17 bits per heavy atom. The maximum atomic E-state index is 10.9. The smallest absolute Gasteiger partial charge is 0.267 e. The summed E-state index contributed by atoms with van der Waals surface area (Å²) in [6.45, 7) is 1.88. The van der Waals surface area contributed by atoms with Crippen molar-refractivity contribution in [2.24, 2.45) is 4.99 Å². The lowest BCUT2D eigenvalue weighted by Crippen LogP contribution is -2.24. The molecule has 0 radical (unpaired) electrons. The zero-order valence-electron chi connectivity index (χ0n) is 6.47. The van der Waals surface area contributed by atoms with Crippen LogP contribution in [-0.2, 0) is 4.79 Å². The van der Waals surface area contributed by atoms with Crippen molar-refractivity contribution >= 4 is 23.6 Å². The van der Waals surface area contributed by atoms with Crippen molar-refractivity contribution in [3.63, 3.8) is 0 Å². The molecular weight excluding hydrogens is 174 g/mol. The zero-order valence-corrected chi connectivity index (χ0v) is 7.22. The number of halogens is 1. The van der Waals surface area contributed by atoms with E-state index in [1.807, 2.05) is 6.92 Å². The molecule has 2 rings (SSSR count). The van der Waals surface area contributed by atoms with Gasteiger partial charge in [0.25, 0.3) is 5.91 Å². The molecule has 1 aliphatic rings. The van der Waals surface area contributed by atoms with Crippen LogP contribution < -0.4 is 10.6 Å². The molecule has 0 N–H and O–H groups in total. The summed E-state index contributed by atoms with van der Waals surface area (Å²) in [4.78, 5) is 14.7. The normalized spacial score (nSPS) is 13.7. The molecule has 1 aromatic carbocycles. The van der Waals surface area contributed by atoms with Crippen molar-refractivity contribution < 1.29 is 4.79 Å². The number of carbonyl (C=O) groups is 1. The Morgan fingerprint density at radius 3 is 2.92 bits per heavy atom. The Bertz CT molecular complexity index is 476. The molecule has 1 aromatic rings.